The molecule has 2 aromatic carbocycles. The van der Waals surface area contributed by atoms with Crippen LogP contribution in [0.3, 0.4) is 0 Å². The van der Waals surface area contributed by atoms with Crippen molar-refractivity contribution >= 4 is 40.5 Å². The first-order valence-corrected chi connectivity index (χ1v) is 10.4. The molecule has 0 saturated carbocycles. The van der Waals surface area contributed by atoms with Crippen molar-refractivity contribution in [2.75, 3.05) is 37.4 Å². The predicted octanol–water partition coefficient (Wildman–Crippen LogP) is 4.44. The number of benzene rings is 2. The summed E-state index contributed by atoms with van der Waals surface area (Å²) in [5, 5.41) is 13.8. The normalized spacial score (nSPS) is 14.3. The number of carbonyl (C=O) groups is 2. The minimum Gasteiger partial charge on any atom is -0.377 e. The van der Waals surface area contributed by atoms with Crippen molar-refractivity contribution in [3.8, 4) is 0 Å². The molecule has 164 valence electrons. The number of carbonyl (C=O) groups excluding carboxylic acids is 2. The van der Waals surface area contributed by atoms with Gasteiger partial charge in [0.25, 0.3) is 17.5 Å². The lowest BCUT2D eigenvalue weighted by molar-refractivity contribution is -0.384. The molecule has 31 heavy (non-hydrogen) atoms. The van der Waals surface area contributed by atoms with Gasteiger partial charge < -0.3 is 15.1 Å². The summed E-state index contributed by atoms with van der Waals surface area (Å²) in [5.41, 5.74) is 1.45. The summed E-state index contributed by atoms with van der Waals surface area (Å²) in [6, 6.07) is 8.99. The van der Waals surface area contributed by atoms with E-state index in [-0.39, 0.29) is 22.2 Å². The molecule has 1 fully saturated rings. The highest BCUT2D eigenvalue weighted by Crippen LogP contribution is 2.28. The number of hydrogen-bond acceptors (Lipinski definition) is 5. The molecule has 0 radical (unpaired) electrons. The second-order valence-electron chi connectivity index (χ2n) is 7.98. The maximum Gasteiger partial charge on any atom is 0.288 e. The van der Waals surface area contributed by atoms with Gasteiger partial charge in [0.2, 0.25) is 0 Å². The fourth-order valence-corrected chi connectivity index (χ4v) is 3.74. The minimum atomic E-state index is -0.638. The first-order valence-electron chi connectivity index (χ1n) is 10.0. The molecule has 0 aliphatic carbocycles. The summed E-state index contributed by atoms with van der Waals surface area (Å²) >= 11 is 5.82. The molecule has 1 aliphatic heterocycles. The maximum atomic E-state index is 13.2. The van der Waals surface area contributed by atoms with Gasteiger partial charge in [0, 0.05) is 50.2 Å². The van der Waals surface area contributed by atoms with Crippen LogP contribution in [0.4, 0.5) is 17.1 Å². The van der Waals surface area contributed by atoms with Crippen LogP contribution < -0.4 is 10.2 Å². The highest BCUT2D eigenvalue weighted by molar-refractivity contribution is 6.32. The van der Waals surface area contributed by atoms with E-state index in [0.717, 1.165) is 24.6 Å². The van der Waals surface area contributed by atoms with Gasteiger partial charge in [0.1, 0.15) is 5.02 Å². The molecule has 1 saturated heterocycles. The van der Waals surface area contributed by atoms with Gasteiger partial charge in [0.15, 0.2) is 0 Å². The van der Waals surface area contributed by atoms with Crippen molar-refractivity contribution in [2.24, 2.45) is 5.92 Å². The van der Waals surface area contributed by atoms with Gasteiger partial charge in [-0.05, 0) is 49.1 Å². The van der Waals surface area contributed by atoms with Crippen molar-refractivity contribution in [1.82, 2.24) is 4.90 Å². The van der Waals surface area contributed by atoms with Crippen LogP contribution in [-0.2, 0) is 0 Å². The second kappa shape index (κ2) is 9.34. The van der Waals surface area contributed by atoms with Crippen LogP contribution in [0, 0.1) is 16.0 Å². The van der Waals surface area contributed by atoms with E-state index in [9.17, 15) is 19.7 Å². The van der Waals surface area contributed by atoms with E-state index in [4.69, 9.17) is 11.6 Å². The number of piperidine rings is 1. The topological polar surface area (TPSA) is 95.8 Å². The number of hydrogen-bond donors (Lipinski definition) is 1. The Morgan fingerprint density at radius 1 is 1.16 bits per heavy atom. The van der Waals surface area contributed by atoms with E-state index in [1.807, 2.05) is 23.9 Å². The van der Waals surface area contributed by atoms with Gasteiger partial charge in [-0.2, -0.15) is 0 Å². The SMILES string of the molecule is CC1CCN(C(=O)c2cc(NC(=O)c3ccc(Cl)c([N+](=O)[O-])c3)ccc2N(C)C)CC1. The van der Waals surface area contributed by atoms with E-state index < -0.39 is 10.8 Å². The van der Waals surface area contributed by atoms with Crippen LogP contribution in [0.2, 0.25) is 5.02 Å². The van der Waals surface area contributed by atoms with Crippen molar-refractivity contribution in [1.29, 1.82) is 0 Å². The summed E-state index contributed by atoms with van der Waals surface area (Å²) in [5.74, 6) is 0.00261. The van der Waals surface area contributed by atoms with Crippen molar-refractivity contribution in [2.45, 2.75) is 19.8 Å². The molecular weight excluding hydrogens is 420 g/mol. The van der Waals surface area contributed by atoms with Crippen LogP contribution in [-0.4, -0.2) is 48.8 Å². The molecule has 0 spiro atoms. The Kier molecular flexibility index (Phi) is 6.80. The second-order valence-corrected chi connectivity index (χ2v) is 8.39. The van der Waals surface area contributed by atoms with E-state index in [1.165, 1.54) is 12.1 Å². The zero-order chi connectivity index (χ0) is 22.7. The number of likely N-dealkylation sites (tertiary alicyclic amines) is 1. The smallest absolute Gasteiger partial charge is 0.288 e. The fourth-order valence-electron chi connectivity index (χ4n) is 3.55. The minimum absolute atomic E-state index is 0.0411. The summed E-state index contributed by atoms with van der Waals surface area (Å²) in [6.45, 7) is 3.60. The summed E-state index contributed by atoms with van der Waals surface area (Å²) in [6.07, 6.45) is 1.93. The number of halogens is 1. The predicted molar refractivity (Wildman–Crippen MR) is 121 cm³/mol. The Morgan fingerprint density at radius 3 is 2.45 bits per heavy atom. The number of anilines is 2. The van der Waals surface area contributed by atoms with Crippen LogP contribution in [0.1, 0.15) is 40.5 Å². The van der Waals surface area contributed by atoms with Gasteiger partial charge in [-0.3, -0.25) is 19.7 Å². The molecule has 0 atom stereocenters. The molecular formula is C22H25ClN4O4. The number of nitrogens with zero attached hydrogens (tertiary/aromatic N) is 3. The molecule has 0 unspecified atom stereocenters. The van der Waals surface area contributed by atoms with Gasteiger partial charge in [-0.15, -0.1) is 0 Å². The van der Waals surface area contributed by atoms with E-state index in [0.29, 0.717) is 30.3 Å². The highest BCUT2D eigenvalue weighted by atomic mass is 35.5. The molecule has 3 rings (SSSR count). The Balaban J connectivity index is 1.86. The van der Waals surface area contributed by atoms with Crippen molar-refractivity contribution in [3.63, 3.8) is 0 Å². The van der Waals surface area contributed by atoms with E-state index in [2.05, 4.69) is 12.2 Å². The lowest BCUT2D eigenvalue weighted by atomic mass is 9.98. The van der Waals surface area contributed by atoms with Crippen molar-refractivity contribution < 1.29 is 14.5 Å². The zero-order valence-electron chi connectivity index (χ0n) is 17.7. The Bertz CT molecular complexity index is 1020. The van der Waals surface area contributed by atoms with Crippen LogP contribution in [0.15, 0.2) is 36.4 Å². The largest absolute Gasteiger partial charge is 0.377 e. The first kappa shape index (κ1) is 22.6. The molecule has 0 bridgehead atoms. The average Bonchev–Trinajstić information content (AvgIpc) is 2.73. The summed E-state index contributed by atoms with van der Waals surface area (Å²) < 4.78 is 0. The first-order chi connectivity index (χ1) is 14.7. The Hall–Kier alpha value is -3.13. The summed E-state index contributed by atoms with van der Waals surface area (Å²) in [7, 11) is 3.71. The molecule has 2 amide bonds. The number of amides is 2. The average molecular weight is 445 g/mol. The maximum absolute atomic E-state index is 13.2. The van der Waals surface area contributed by atoms with Gasteiger partial charge in [0.05, 0.1) is 10.5 Å². The van der Waals surface area contributed by atoms with Crippen LogP contribution in [0.25, 0.3) is 0 Å². The van der Waals surface area contributed by atoms with Gasteiger partial charge in [-0.1, -0.05) is 18.5 Å². The van der Waals surface area contributed by atoms with E-state index in [1.54, 1.807) is 18.2 Å². The van der Waals surface area contributed by atoms with E-state index >= 15 is 0 Å². The highest BCUT2D eigenvalue weighted by Gasteiger charge is 2.24. The number of rotatable bonds is 5. The molecule has 2 aromatic rings. The van der Waals surface area contributed by atoms with Crippen LogP contribution in [0.5, 0.6) is 0 Å². The molecule has 0 aromatic heterocycles. The third-order valence-corrected chi connectivity index (χ3v) is 5.76. The van der Waals surface area contributed by atoms with Crippen molar-refractivity contribution in [3.05, 3.63) is 62.7 Å². The fraction of sp³-hybridized carbons (Fsp3) is 0.364. The molecule has 1 N–H and O–H groups in total. The van der Waals surface area contributed by atoms with Crippen LogP contribution >= 0.6 is 11.6 Å². The quantitative estimate of drug-likeness (QED) is 0.543. The number of nitrogens with one attached hydrogen (secondary N) is 1. The zero-order valence-corrected chi connectivity index (χ0v) is 18.5. The monoisotopic (exact) mass is 444 g/mol. The number of nitro groups is 1. The molecule has 9 heteroatoms. The standard InChI is InChI=1S/C22H25ClN4O4/c1-14-8-10-26(11-9-14)22(29)17-13-16(5-7-19(17)25(2)3)24-21(28)15-4-6-18(23)20(12-15)27(30)31/h4-7,12-14H,8-11H2,1-3H3,(H,24,28). The van der Waals surface area contributed by atoms with Gasteiger partial charge in [-0.25, -0.2) is 0 Å². The Labute approximate surface area is 185 Å². The Morgan fingerprint density at radius 2 is 1.84 bits per heavy atom. The third-order valence-electron chi connectivity index (χ3n) is 5.44. The lowest BCUT2D eigenvalue weighted by Crippen LogP contribution is -2.38. The molecule has 1 heterocycles. The summed E-state index contributed by atoms with van der Waals surface area (Å²) in [4.78, 5) is 40.0. The lowest BCUT2D eigenvalue weighted by Gasteiger charge is -2.31. The third kappa shape index (κ3) is 5.14. The number of nitro benzene ring substituents is 1. The molecule has 1 aliphatic rings. The molecule has 8 nitrogen and oxygen atoms in total. The van der Waals surface area contributed by atoms with Gasteiger partial charge >= 0.3 is 0 Å².